The Bertz CT molecular complexity index is 542. The molecule has 1 aromatic carbocycles. The number of hydrogen-bond donors (Lipinski definition) is 0. The lowest BCUT2D eigenvalue weighted by atomic mass is 9.74. The van der Waals surface area contributed by atoms with Crippen molar-refractivity contribution >= 4 is 17.9 Å². The number of piperidine rings is 1. The number of carbonyl (C=O) groups is 1. The van der Waals surface area contributed by atoms with Crippen LogP contribution in [0.3, 0.4) is 0 Å². The molecule has 114 valence electrons. The van der Waals surface area contributed by atoms with E-state index in [1.165, 1.54) is 10.5 Å². The molecule has 4 heteroatoms. The Morgan fingerprint density at radius 2 is 1.90 bits per heavy atom. The van der Waals surface area contributed by atoms with Crippen molar-refractivity contribution in [3.8, 4) is 0 Å². The summed E-state index contributed by atoms with van der Waals surface area (Å²) in [5.41, 5.74) is 1.33. The first-order valence-electron chi connectivity index (χ1n) is 7.60. The molecule has 1 spiro atoms. The number of amides is 1. The molecule has 21 heavy (non-hydrogen) atoms. The molecule has 1 saturated heterocycles. The third-order valence-electron chi connectivity index (χ3n) is 4.33. The van der Waals surface area contributed by atoms with Gasteiger partial charge in [0, 0.05) is 29.2 Å². The van der Waals surface area contributed by atoms with Gasteiger partial charge in [0.25, 0.3) is 0 Å². The van der Waals surface area contributed by atoms with Crippen LogP contribution in [-0.4, -0.2) is 35.4 Å². The van der Waals surface area contributed by atoms with E-state index in [0.29, 0.717) is 0 Å². The average molecular weight is 305 g/mol. The molecule has 1 aromatic rings. The number of carbonyl (C=O) groups excluding carboxylic acids is 1. The number of nitrogens with zero attached hydrogens (tertiary/aromatic N) is 1. The standard InChI is InChI=1S/C17H23NO2S/c1-16(2,3)20-15(19)18-10-8-17(9-11-18)12-21-14-7-5-4-6-13(14)17/h4-7H,8-12H2,1-3H3. The predicted octanol–water partition coefficient (Wildman–Crippen LogP) is 4.06. The Hall–Kier alpha value is -1.16. The van der Waals surface area contributed by atoms with Gasteiger partial charge in [-0.3, -0.25) is 0 Å². The summed E-state index contributed by atoms with van der Waals surface area (Å²) in [7, 11) is 0. The van der Waals surface area contributed by atoms with Crippen LogP contribution in [0.4, 0.5) is 4.79 Å². The SMILES string of the molecule is CC(C)(C)OC(=O)N1CCC2(CC1)CSc1ccccc12. The van der Waals surface area contributed by atoms with Crippen molar-refractivity contribution in [1.82, 2.24) is 4.90 Å². The predicted molar refractivity (Wildman–Crippen MR) is 85.9 cm³/mol. The highest BCUT2D eigenvalue weighted by atomic mass is 32.2. The molecule has 0 aromatic heterocycles. The molecular weight excluding hydrogens is 282 g/mol. The number of rotatable bonds is 0. The lowest BCUT2D eigenvalue weighted by Gasteiger charge is -2.39. The lowest BCUT2D eigenvalue weighted by molar-refractivity contribution is 0.0174. The molecule has 2 aliphatic heterocycles. The second-order valence-corrected chi connectivity index (χ2v) is 8.05. The summed E-state index contributed by atoms with van der Waals surface area (Å²) < 4.78 is 5.48. The molecule has 0 N–H and O–H groups in total. The fourth-order valence-electron chi connectivity index (χ4n) is 3.18. The molecule has 0 bridgehead atoms. The number of fused-ring (bicyclic) bond motifs is 2. The van der Waals surface area contributed by atoms with Crippen LogP contribution in [0, 0.1) is 0 Å². The number of hydrogen-bond acceptors (Lipinski definition) is 3. The minimum Gasteiger partial charge on any atom is -0.444 e. The zero-order chi connectivity index (χ0) is 15.1. The van der Waals surface area contributed by atoms with Gasteiger partial charge < -0.3 is 9.64 Å². The van der Waals surface area contributed by atoms with E-state index in [2.05, 4.69) is 24.3 Å². The van der Waals surface area contributed by atoms with Crippen LogP contribution in [0.1, 0.15) is 39.2 Å². The minimum atomic E-state index is -0.415. The lowest BCUT2D eigenvalue weighted by Crippen LogP contribution is -2.47. The van der Waals surface area contributed by atoms with E-state index in [0.717, 1.165) is 31.7 Å². The molecule has 0 radical (unpaired) electrons. The second kappa shape index (κ2) is 5.24. The van der Waals surface area contributed by atoms with Crippen LogP contribution in [0.5, 0.6) is 0 Å². The smallest absolute Gasteiger partial charge is 0.410 e. The van der Waals surface area contributed by atoms with Crippen molar-refractivity contribution in [3.05, 3.63) is 29.8 Å². The maximum Gasteiger partial charge on any atom is 0.410 e. The van der Waals surface area contributed by atoms with Crippen molar-refractivity contribution in [1.29, 1.82) is 0 Å². The number of ether oxygens (including phenoxy) is 1. The highest BCUT2D eigenvalue weighted by molar-refractivity contribution is 7.99. The van der Waals surface area contributed by atoms with Gasteiger partial charge >= 0.3 is 6.09 Å². The van der Waals surface area contributed by atoms with Gasteiger partial charge in [-0.05, 0) is 45.2 Å². The van der Waals surface area contributed by atoms with E-state index < -0.39 is 5.60 Å². The fraction of sp³-hybridized carbons (Fsp3) is 0.588. The van der Waals surface area contributed by atoms with E-state index in [9.17, 15) is 4.79 Å². The van der Waals surface area contributed by atoms with E-state index in [1.807, 2.05) is 37.4 Å². The Labute approximate surface area is 131 Å². The van der Waals surface area contributed by atoms with E-state index >= 15 is 0 Å². The molecule has 0 atom stereocenters. The molecule has 3 rings (SSSR count). The maximum absolute atomic E-state index is 12.2. The number of benzene rings is 1. The molecule has 2 aliphatic rings. The average Bonchev–Trinajstić information content (AvgIpc) is 2.77. The molecule has 0 unspecified atom stereocenters. The quantitative estimate of drug-likeness (QED) is 0.724. The first-order valence-corrected chi connectivity index (χ1v) is 8.58. The largest absolute Gasteiger partial charge is 0.444 e. The van der Waals surface area contributed by atoms with Crippen molar-refractivity contribution in [2.24, 2.45) is 0 Å². The first kappa shape index (κ1) is 14.8. The van der Waals surface area contributed by atoms with E-state index in [1.54, 1.807) is 0 Å². The Morgan fingerprint density at radius 3 is 2.57 bits per heavy atom. The van der Waals surface area contributed by atoms with Crippen LogP contribution >= 0.6 is 11.8 Å². The summed E-state index contributed by atoms with van der Waals surface area (Å²) in [6, 6.07) is 8.72. The number of thioether (sulfide) groups is 1. The van der Waals surface area contributed by atoms with Gasteiger partial charge in [0.1, 0.15) is 5.60 Å². The summed E-state index contributed by atoms with van der Waals surface area (Å²) in [5, 5.41) is 0. The van der Waals surface area contributed by atoms with Crippen molar-refractivity contribution in [2.75, 3.05) is 18.8 Å². The van der Waals surface area contributed by atoms with Crippen LogP contribution < -0.4 is 0 Å². The summed E-state index contributed by atoms with van der Waals surface area (Å²) in [6.45, 7) is 7.34. The van der Waals surface area contributed by atoms with E-state index in [-0.39, 0.29) is 11.5 Å². The van der Waals surface area contributed by atoms with Gasteiger partial charge in [-0.15, -0.1) is 11.8 Å². The van der Waals surface area contributed by atoms with Gasteiger partial charge in [-0.25, -0.2) is 4.79 Å². The van der Waals surface area contributed by atoms with Gasteiger partial charge in [0.05, 0.1) is 0 Å². The zero-order valence-corrected chi connectivity index (χ0v) is 13.8. The molecule has 1 fully saturated rings. The summed E-state index contributed by atoms with van der Waals surface area (Å²) in [6.07, 6.45) is 1.91. The maximum atomic E-state index is 12.2. The monoisotopic (exact) mass is 305 g/mol. The molecular formula is C17H23NO2S. The Kier molecular flexibility index (Phi) is 3.68. The normalized spacial score (nSPS) is 20.4. The van der Waals surface area contributed by atoms with Gasteiger partial charge in [0.2, 0.25) is 0 Å². The third kappa shape index (κ3) is 2.91. The van der Waals surface area contributed by atoms with Crippen LogP contribution in [0.15, 0.2) is 29.2 Å². The molecule has 3 nitrogen and oxygen atoms in total. The highest BCUT2D eigenvalue weighted by Crippen LogP contribution is 2.49. The van der Waals surface area contributed by atoms with Crippen molar-refractivity contribution in [3.63, 3.8) is 0 Å². The molecule has 0 aliphatic carbocycles. The van der Waals surface area contributed by atoms with Crippen LogP contribution in [0.2, 0.25) is 0 Å². The zero-order valence-electron chi connectivity index (χ0n) is 13.0. The van der Waals surface area contributed by atoms with Crippen LogP contribution in [-0.2, 0) is 10.2 Å². The molecule has 2 heterocycles. The summed E-state index contributed by atoms with van der Waals surface area (Å²) in [5.74, 6) is 1.15. The fourth-order valence-corrected chi connectivity index (χ4v) is 4.67. The second-order valence-electron chi connectivity index (χ2n) is 7.03. The van der Waals surface area contributed by atoms with Gasteiger partial charge in [0.15, 0.2) is 0 Å². The van der Waals surface area contributed by atoms with Gasteiger partial charge in [-0.2, -0.15) is 0 Å². The molecule has 1 amide bonds. The minimum absolute atomic E-state index is 0.170. The molecule has 0 saturated carbocycles. The summed E-state index contributed by atoms with van der Waals surface area (Å²) >= 11 is 1.96. The first-order chi connectivity index (χ1) is 9.90. The third-order valence-corrected chi connectivity index (χ3v) is 5.70. The topological polar surface area (TPSA) is 29.5 Å². The number of likely N-dealkylation sites (tertiary alicyclic amines) is 1. The van der Waals surface area contributed by atoms with Crippen molar-refractivity contribution in [2.45, 2.75) is 49.5 Å². The summed E-state index contributed by atoms with van der Waals surface area (Å²) in [4.78, 5) is 15.4. The van der Waals surface area contributed by atoms with Crippen molar-refractivity contribution < 1.29 is 9.53 Å². The van der Waals surface area contributed by atoms with Crippen LogP contribution in [0.25, 0.3) is 0 Å². The Morgan fingerprint density at radius 1 is 1.24 bits per heavy atom. The Balaban J connectivity index is 1.68. The van der Waals surface area contributed by atoms with Gasteiger partial charge in [-0.1, -0.05) is 18.2 Å². The van der Waals surface area contributed by atoms with E-state index in [4.69, 9.17) is 4.74 Å². The highest BCUT2D eigenvalue weighted by Gasteiger charge is 2.42.